The molecule has 0 amide bonds. The van der Waals surface area contributed by atoms with E-state index in [1.807, 2.05) is 0 Å². The molecule has 0 bridgehead atoms. The van der Waals surface area contributed by atoms with Crippen molar-refractivity contribution in [3.8, 4) is 5.75 Å². The van der Waals surface area contributed by atoms with Crippen LogP contribution in [0.2, 0.25) is 0 Å². The van der Waals surface area contributed by atoms with E-state index in [-0.39, 0.29) is 29.9 Å². The summed E-state index contributed by atoms with van der Waals surface area (Å²) in [6.45, 7) is 1.94. The van der Waals surface area contributed by atoms with E-state index in [1.165, 1.54) is 13.2 Å². The lowest BCUT2D eigenvalue weighted by Gasteiger charge is -2.13. The third kappa shape index (κ3) is 4.40. The van der Waals surface area contributed by atoms with Crippen molar-refractivity contribution in [2.45, 2.75) is 17.9 Å². The fraction of sp³-hybridized carbons (Fsp3) is 0.400. The maximum atomic E-state index is 12.0. The van der Waals surface area contributed by atoms with E-state index >= 15 is 0 Å². The lowest BCUT2D eigenvalue weighted by Crippen LogP contribution is -2.37. The molecule has 0 aliphatic carbocycles. The second-order valence-corrected chi connectivity index (χ2v) is 6.09. The minimum atomic E-state index is -3.59. The Morgan fingerprint density at radius 3 is 2.61 bits per heavy atom. The maximum absolute atomic E-state index is 12.0. The summed E-state index contributed by atoms with van der Waals surface area (Å²) in [4.78, 5) is 0.136. The van der Waals surface area contributed by atoms with Crippen LogP contribution in [0.4, 0.5) is 0 Å². The van der Waals surface area contributed by atoms with Gasteiger partial charge in [-0.05, 0) is 35.0 Å². The quantitative estimate of drug-likeness (QED) is 0.835. The van der Waals surface area contributed by atoms with Gasteiger partial charge in [0.05, 0.1) is 12.0 Å². The first-order chi connectivity index (χ1) is 7.90. The summed E-state index contributed by atoms with van der Waals surface area (Å²) < 4.78 is 32.0. The Kier molecular flexibility index (Phi) is 7.16. The van der Waals surface area contributed by atoms with Crippen LogP contribution in [0.15, 0.2) is 27.6 Å². The first-order valence-corrected chi connectivity index (χ1v) is 7.24. The van der Waals surface area contributed by atoms with Gasteiger partial charge in [0.15, 0.2) is 0 Å². The standard InChI is InChI=1S/C10H15BrN2O3S.ClH/c1-7(6-12)13-17(14,15)10-5-8(16-2)3-4-9(10)11;/h3-5,7,13H,6,12H2,1-2H3;1H/t7-;/m0./s1. The zero-order valence-corrected chi connectivity index (χ0v) is 13.2. The van der Waals surface area contributed by atoms with Crippen molar-refractivity contribution in [1.82, 2.24) is 4.72 Å². The molecule has 8 heteroatoms. The molecule has 0 unspecified atom stereocenters. The van der Waals surface area contributed by atoms with Gasteiger partial charge in [0, 0.05) is 23.1 Å². The van der Waals surface area contributed by atoms with Gasteiger partial charge in [0.1, 0.15) is 5.75 Å². The molecule has 0 fully saturated rings. The molecule has 1 rings (SSSR count). The van der Waals surface area contributed by atoms with Crippen molar-refractivity contribution in [3.05, 3.63) is 22.7 Å². The summed E-state index contributed by atoms with van der Waals surface area (Å²) in [5.74, 6) is 0.481. The molecule has 3 N–H and O–H groups in total. The predicted molar refractivity (Wildman–Crippen MR) is 76.8 cm³/mol. The van der Waals surface area contributed by atoms with E-state index in [0.717, 1.165) is 0 Å². The summed E-state index contributed by atoms with van der Waals surface area (Å²) in [5, 5.41) is 0. The SMILES string of the molecule is COc1ccc(Br)c(S(=O)(=O)N[C@@H](C)CN)c1.Cl. The number of hydrogen-bond donors (Lipinski definition) is 2. The third-order valence-electron chi connectivity index (χ3n) is 2.14. The van der Waals surface area contributed by atoms with Gasteiger partial charge in [-0.3, -0.25) is 0 Å². The van der Waals surface area contributed by atoms with Crippen molar-refractivity contribution >= 4 is 38.4 Å². The number of hydrogen-bond acceptors (Lipinski definition) is 4. The highest BCUT2D eigenvalue weighted by molar-refractivity contribution is 9.10. The van der Waals surface area contributed by atoms with E-state index < -0.39 is 10.0 Å². The van der Waals surface area contributed by atoms with E-state index in [2.05, 4.69) is 20.7 Å². The van der Waals surface area contributed by atoms with Crippen LogP contribution in [0.3, 0.4) is 0 Å². The zero-order chi connectivity index (χ0) is 13.1. The molecule has 5 nitrogen and oxygen atoms in total. The van der Waals surface area contributed by atoms with Gasteiger partial charge in [-0.2, -0.15) is 0 Å². The predicted octanol–water partition coefficient (Wildman–Crippen LogP) is 1.50. The molecule has 0 aliphatic heterocycles. The maximum Gasteiger partial charge on any atom is 0.242 e. The minimum absolute atomic E-state index is 0. The van der Waals surface area contributed by atoms with Crippen molar-refractivity contribution in [3.63, 3.8) is 0 Å². The van der Waals surface area contributed by atoms with Crippen LogP contribution in [-0.2, 0) is 10.0 Å². The molecule has 0 saturated heterocycles. The number of rotatable bonds is 5. The Morgan fingerprint density at radius 2 is 2.11 bits per heavy atom. The van der Waals surface area contributed by atoms with Crippen molar-refractivity contribution in [2.75, 3.05) is 13.7 Å². The minimum Gasteiger partial charge on any atom is -0.497 e. The number of halogens is 2. The summed E-state index contributed by atoms with van der Waals surface area (Å²) in [6, 6.07) is 4.43. The average Bonchev–Trinajstić information content (AvgIpc) is 2.28. The van der Waals surface area contributed by atoms with Crippen LogP contribution in [0, 0.1) is 0 Å². The normalized spacial score (nSPS) is 12.7. The molecule has 0 aliphatic rings. The zero-order valence-electron chi connectivity index (χ0n) is 10.0. The Bertz CT molecular complexity index is 496. The first-order valence-electron chi connectivity index (χ1n) is 4.96. The largest absolute Gasteiger partial charge is 0.497 e. The fourth-order valence-electron chi connectivity index (χ4n) is 1.19. The van der Waals surface area contributed by atoms with Gasteiger partial charge < -0.3 is 10.5 Å². The molecule has 0 saturated carbocycles. The summed E-state index contributed by atoms with van der Waals surface area (Å²) in [7, 11) is -2.11. The molecule has 1 aromatic rings. The number of nitrogens with one attached hydrogen (secondary N) is 1. The molecule has 1 aromatic carbocycles. The molecule has 18 heavy (non-hydrogen) atoms. The lowest BCUT2D eigenvalue weighted by atomic mass is 10.3. The first kappa shape index (κ1) is 17.7. The molecule has 0 radical (unpaired) electrons. The van der Waals surface area contributed by atoms with Crippen LogP contribution >= 0.6 is 28.3 Å². The molecular weight excluding hydrogens is 344 g/mol. The van der Waals surface area contributed by atoms with Crippen LogP contribution in [-0.4, -0.2) is 28.1 Å². The topological polar surface area (TPSA) is 81.4 Å². The van der Waals surface area contributed by atoms with Crippen molar-refractivity contribution in [1.29, 1.82) is 0 Å². The second-order valence-electron chi connectivity index (χ2n) is 3.55. The number of ether oxygens (including phenoxy) is 1. The molecule has 0 spiro atoms. The second kappa shape index (κ2) is 7.30. The van der Waals surface area contributed by atoms with Crippen LogP contribution in [0.5, 0.6) is 5.75 Å². The number of nitrogens with two attached hydrogens (primary N) is 1. The van der Waals surface area contributed by atoms with E-state index in [0.29, 0.717) is 10.2 Å². The molecular formula is C10H16BrClN2O3S. The Balaban J connectivity index is 0.00000289. The highest BCUT2D eigenvalue weighted by atomic mass is 79.9. The van der Waals surface area contributed by atoms with Crippen LogP contribution < -0.4 is 15.2 Å². The smallest absolute Gasteiger partial charge is 0.242 e. The highest BCUT2D eigenvalue weighted by Crippen LogP contribution is 2.26. The fourth-order valence-corrected chi connectivity index (χ4v) is 3.43. The lowest BCUT2D eigenvalue weighted by molar-refractivity contribution is 0.413. The third-order valence-corrected chi connectivity index (χ3v) is 4.72. The Morgan fingerprint density at radius 1 is 1.50 bits per heavy atom. The van der Waals surface area contributed by atoms with Gasteiger partial charge in [-0.15, -0.1) is 12.4 Å². The van der Waals surface area contributed by atoms with Gasteiger partial charge in [0.2, 0.25) is 10.0 Å². The highest BCUT2D eigenvalue weighted by Gasteiger charge is 2.20. The van der Waals surface area contributed by atoms with Gasteiger partial charge in [-0.1, -0.05) is 0 Å². The summed E-state index contributed by atoms with van der Waals surface area (Å²) >= 11 is 3.20. The van der Waals surface area contributed by atoms with E-state index in [4.69, 9.17) is 10.5 Å². The Labute approximate surface area is 122 Å². The van der Waals surface area contributed by atoms with E-state index in [1.54, 1.807) is 19.1 Å². The van der Waals surface area contributed by atoms with E-state index in [9.17, 15) is 8.42 Å². The number of sulfonamides is 1. The van der Waals surface area contributed by atoms with Gasteiger partial charge >= 0.3 is 0 Å². The monoisotopic (exact) mass is 358 g/mol. The summed E-state index contributed by atoms with van der Waals surface area (Å²) in [6.07, 6.45) is 0. The van der Waals surface area contributed by atoms with Crippen LogP contribution in [0.1, 0.15) is 6.92 Å². The van der Waals surface area contributed by atoms with Gasteiger partial charge in [0.25, 0.3) is 0 Å². The average molecular weight is 360 g/mol. The number of methoxy groups -OCH3 is 1. The summed E-state index contributed by atoms with van der Waals surface area (Å²) in [5.41, 5.74) is 5.39. The van der Waals surface area contributed by atoms with Crippen molar-refractivity contribution in [2.24, 2.45) is 5.73 Å². The molecule has 1 atom stereocenters. The molecule has 104 valence electrons. The van der Waals surface area contributed by atoms with Crippen molar-refractivity contribution < 1.29 is 13.2 Å². The molecule has 0 aromatic heterocycles. The molecule has 0 heterocycles. The Hall–Kier alpha value is -0.340. The number of benzene rings is 1. The van der Waals surface area contributed by atoms with Crippen LogP contribution in [0.25, 0.3) is 0 Å². The van der Waals surface area contributed by atoms with Gasteiger partial charge in [-0.25, -0.2) is 13.1 Å².